The average molecular weight is 374 g/mol. The van der Waals surface area contributed by atoms with Gasteiger partial charge in [0.1, 0.15) is 0 Å². The number of thioether (sulfide) groups is 1. The number of carbonyl (C=O) groups excluding carboxylic acids is 1. The van der Waals surface area contributed by atoms with Crippen LogP contribution in [0.2, 0.25) is 42.8 Å². The molecule has 5 unspecified atom stereocenters. The van der Waals surface area contributed by atoms with Gasteiger partial charge in [-0.3, -0.25) is 0 Å². The molecule has 4 heteroatoms. The zero-order valence-electron chi connectivity index (χ0n) is 14.3. The van der Waals surface area contributed by atoms with Crippen LogP contribution in [-0.4, -0.2) is 21.0 Å². The Morgan fingerprint density at radius 2 is 1.70 bits per heavy atom. The standard InChI is InChI=1S/C14H21O2S.C5H5.Fe/c1-5-16-13(15)10-9-11-7-6-8-12(11)17-14(2,3)4;1-2-4-5-3-1;/h6-8H,5,9-10H2,1-4H3;1-5H;. The summed E-state index contributed by atoms with van der Waals surface area (Å²) in [7, 11) is 0. The van der Waals surface area contributed by atoms with Crippen LogP contribution in [0.1, 0.15) is 40.5 Å². The molecule has 0 bridgehead atoms. The molecular formula is C19H26FeO2S. The summed E-state index contributed by atoms with van der Waals surface area (Å²) < 4.78 is 7.34. The van der Waals surface area contributed by atoms with Crippen molar-refractivity contribution in [1.29, 1.82) is 0 Å². The molecule has 0 aromatic carbocycles. The first-order valence-corrected chi connectivity index (χ1v) is 16.7. The third kappa shape index (κ3) is 0.157. The summed E-state index contributed by atoms with van der Waals surface area (Å²) in [5.41, 5.74) is 0. The van der Waals surface area contributed by atoms with Crippen molar-refractivity contribution in [3.63, 3.8) is 0 Å². The van der Waals surface area contributed by atoms with E-state index in [4.69, 9.17) is 4.74 Å². The molecule has 10 saturated heterocycles. The Balaban J connectivity index is 1.25. The average Bonchev–Trinajstić information content (AvgIpc) is 3.39. The molecule has 2 nitrogen and oxygen atoms in total. The topological polar surface area (TPSA) is 26.3 Å². The molecule has 0 aromatic rings. The van der Waals surface area contributed by atoms with E-state index in [9.17, 15) is 4.79 Å². The molecule has 0 radical (unpaired) electrons. The van der Waals surface area contributed by atoms with Crippen LogP contribution in [0, 0.1) is 0 Å². The summed E-state index contributed by atoms with van der Waals surface area (Å²) in [4.78, 5) is 22.7. The van der Waals surface area contributed by atoms with E-state index in [2.05, 4.69) is 32.5 Å². The van der Waals surface area contributed by atoms with Crippen LogP contribution in [-0.2, 0) is 16.0 Å². The molecule has 10 fully saturated rings. The Hall–Kier alpha value is 0.339. The fourth-order valence-corrected chi connectivity index (χ4v) is 105. The number of rotatable bonds is 5. The first kappa shape index (κ1) is 11.1. The second-order valence-electron chi connectivity index (χ2n) is 13.4. The summed E-state index contributed by atoms with van der Waals surface area (Å²) in [5, 5.41) is 0. The molecule has 0 aromatic heterocycles. The number of fused-ring (bicyclic) bond motifs is 10. The van der Waals surface area contributed by atoms with Crippen LogP contribution in [0.5, 0.6) is 0 Å². The fourth-order valence-electron chi connectivity index (χ4n) is 18.7. The van der Waals surface area contributed by atoms with Gasteiger partial charge in [0.05, 0.1) is 0 Å². The van der Waals surface area contributed by atoms with Gasteiger partial charge >= 0.3 is 132 Å². The molecule has 5 atom stereocenters. The fraction of sp³-hybridized carbons (Fsp3) is 0.947. The summed E-state index contributed by atoms with van der Waals surface area (Å²) in [6.07, 6.45) is 2.00. The number of hydrogen-bond acceptors (Lipinski definition) is 3. The van der Waals surface area contributed by atoms with Crippen molar-refractivity contribution in [3.05, 3.63) is 0 Å². The molecule has 0 amide bonds. The Morgan fingerprint density at radius 1 is 1.09 bits per heavy atom. The third-order valence-electron chi connectivity index (χ3n) is 16.5. The summed E-state index contributed by atoms with van der Waals surface area (Å²) in [6, 6.07) is 0. The molecule has 0 aliphatic carbocycles. The van der Waals surface area contributed by atoms with Crippen molar-refractivity contribution in [2.24, 2.45) is 0 Å². The van der Waals surface area contributed by atoms with Crippen molar-refractivity contribution in [1.82, 2.24) is 0 Å². The Morgan fingerprint density at radius 3 is 2.13 bits per heavy atom. The zero-order chi connectivity index (χ0) is 15.5. The first-order valence-electron chi connectivity index (χ1n) is 9.67. The van der Waals surface area contributed by atoms with Crippen molar-refractivity contribution < 1.29 is 16.0 Å². The van der Waals surface area contributed by atoms with Gasteiger partial charge in [-0.1, -0.05) is 0 Å². The van der Waals surface area contributed by atoms with Gasteiger partial charge in [0.25, 0.3) is 0 Å². The molecular weight excluding hydrogens is 348 g/mol. The molecule has 10 aliphatic rings. The van der Waals surface area contributed by atoms with Gasteiger partial charge < -0.3 is 0 Å². The van der Waals surface area contributed by atoms with E-state index in [-0.39, 0.29) is 5.97 Å². The number of carbonyl (C=O) groups is 1. The van der Waals surface area contributed by atoms with Crippen LogP contribution >= 0.6 is 11.8 Å². The van der Waals surface area contributed by atoms with Crippen LogP contribution in [0.4, 0.5) is 0 Å². The Kier molecular flexibility index (Phi) is 0.542. The summed E-state index contributed by atoms with van der Waals surface area (Å²) in [5.74, 6) is 0.0966. The third-order valence-corrected chi connectivity index (χ3v) is 64.7. The van der Waals surface area contributed by atoms with Gasteiger partial charge in [-0.2, -0.15) is 0 Å². The van der Waals surface area contributed by atoms with Crippen molar-refractivity contribution in [3.8, 4) is 0 Å². The maximum atomic E-state index is 12.1. The summed E-state index contributed by atoms with van der Waals surface area (Å²) in [6.45, 7) is 6.62. The van der Waals surface area contributed by atoms with Gasteiger partial charge in [0.15, 0.2) is 0 Å². The van der Waals surface area contributed by atoms with E-state index < -0.39 is 6.51 Å². The van der Waals surface area contributed by atoms with Gasteiger partial charge in [-0.25, -0.2) is 0 Å². The maximum absolute atomic E-state index is 12.1. The van der Waals surface area contributed by atoms with Crippen molar-refractivity contribution in [2.75, 3.05) is 6.61 Å². The first-order chi connectivity index (χ1) is 10.6. The number of hydrogen-bond donors (Lipinski definition) is 0. The molecule has 10 aliphatic heterocycles. The van der Waals surface area contributed by atoms with Crippen LogP contribution in [0.3, 0.4) is 0 Å². The molecule has 0 N–H and O–H groups in total. The Labute approximate surface area is 132 Å². The van der Waals surface area contributed by atoms with Gasteiger partial charge in [-0.05, 0) is 0 Å². The molecule has 0 saturated carbocycles. The monoisotopic (exact) mass is 374 g/mol. The van der Waals surface area contributed by atoms with E-state index in [1.54, 1.807) is 0 Å². The van der Waals surface area contributed by atoms with Gasteiger partial charge in [0, 0.05) is 0 Å². The van der Waals surface area contributed by atoms with E-state index in [1.807, 2.05) is 6.92 Å². The Bertz CT molecular complexity index is 1140. The zero-order valence-corrected chi connectivity index (χ0v) is 16.2. The van der Waals surface area contributed by atoms with E-state index in [0.717, 1.165) is 14.4 Å². The van der Waals surface area contributed by atoms with E-state index in [0.29, 0.717) is 11.4 Å². The molecule has 128 valence electrons. The van der Waals surface area contributed by atoms with Crippen molar-refractivity contribution in [2.45, 2.75) is 91.8 Å². The van der Waals surface area contributed by atoms with Gasteiger partial charge in [0.2, 0.25) is 0 Å². The van der Waals surface area contributed by atoms with E-state index >= 15 is 0 Å². The normalized spacial score (nSPS) is 95.0. The van der Waals surface area contributed by atoms with Crippen LogP contribution in [0.25, 0.3) is 0 Å². The predicted molar refractivity (Wildman–Crippen MR) is 88.6 cm³/mol. The van der Waals surface area contributed by atoms with Crippen molar-refractivity contribution >= 4 is 17.7 Å². The number of esters is 1. The molecule has 10 rings (SSSR count). The molecule has 23 heavy (non-hydrogen) atoms. The minimum absolute atomic E-state index is 0.0966. The summed E-state index contributed by atoms with van der Waals surface area (Å²) >= 11 is 2.48. The van der Waals surface area contributed by atoms with E-state index in [1.165, 1.54) is 45.0 Å². The second kappa shape index (κ2) is 1.12. The second-order valence-corrected chi connectivity index (χ2v) is 39.1. The molecule has 1 spiro atoms. The quantitative estimate of drug-likeness (QED) is 0.468. The van der Waals surface area contributed by atoms with Gasteiger partial charge in [-0.15, -0.1) is 0 Å². The number of ether oxygens (including phenoxy) is 1. The molecule has 10 heterocycles. The van der Waals surface area contributed by atoms with Crippen LogP contribution in [0.15, 0.2) is 0 Å². The minimum atomic E-state index is -3.26. The predicted octanol–water partition coefficient (Wildman–Crippen LogP) is 5.53. The SMILES string of the molecule is CCOC(=O)CC[C]12[CH]3[CH]4[CH]5[C]1(SC(C)(C)C)[Fe]43521678[CH]2[CH]1[CH]6[CH]7[CH]28. The van der Waals surface area contributed by atoms with Crippen LogP contribution < -0.4 is 0 Å².